The number of halogens is 2. The number of hydrogen-bond acceptors (Lipinski definition) is 3. The van der Waals surface area contributed by atoms with Gasteiger partial charge in [-0.3, -0.25) is 9.78 Å². The summed E-state index contributed by atoms with van der Waals surface area (Å²) < 4.78 is 27.6. The molecule has 0 aliphatic heterocycles. The maximum absolute atomic E-state index is 13.8. The summed E-state index contributed by atoms with van der Waals surface area (Å²) in [6.07, 6.45) is 3.18. The predicted octanol–water partition coefficient (Wildman–Crippen LogP) is 4.18. The summed E-state index contributed by atoms with van der Waals surface area (Å²) in [5.74, 6) is -2.81. The lowest BCUT2D eigenvalue weighted by atomic mass is 9.82. The summed E-state index contributed by atoms with van der Waals surface area (Å²) in [5, 5.41) is 9.84. The topological polar surface area (TPSA) is 50.2 Å². The molecular formula is C20H13F2NO2. The van der Waals surface area contributed by atoms with Crippen molar-refractivity contribution in [2.24, 2.45) is 0 Å². The van der Waals surface area contributed by atoms with E-state index < -0.39 is 23.5 Å². The van der Waals surface area contributed by atoms with E-state index in [4.69, 9.17) is 0 Å². The molecule has 2 aromatic carbocycles. The third-order valence-corrected chi connectivity index (χ3v) is 4.54. The lowest BCUT2D eigenvalue weighted by Crippen LogP contribution is -2.13. The number of hydrogen-bond donors (Lipinski definition) is 1. The first-order chi connectivity index (χ1) is 12.0. The number of nitrogens with zero attached hydrogens (tertiary/aromatic N) is 1. The fourth-order valence-corrected chi connectivity index (χ4v) is 3.56. The van der Waals surface area contributed by atoms with Crippen LogP contribution in [0.5, 0.6) is 5.75 Å². The second kappa shape index (κ2) is 5.77. The van der Waals surface area contributed by atoms with Crippen molar-refractivity contribution < 1.29 is 18.7 Å². The summed E-state index contributed by atoms with van der Waals surface area (Å²) in [4.78, 5) is 17.0. The standard InChI is InChI=1S/C20H13F2NO2/c21-13-6-12(7-14(22)8-13)18-17-9-15(24)3-4-16(17)20(25)19(18)11-2-1-5-23-10-11/h1-10,18-19,24H. The van der Waals surface area contributed by atoms with Gasteiger partial charge in [0.1, 0.15) is 17.4 Å². The Bertz CT molecular complexity index is 952. The Kier molecular flexibility index (Phi) is 3.57. The van der Waals surface area contributed by atoms with Crippen LogP contribution < -0.4 is 0 Å². The zero-order valence-corrected chi connectivity index (χ0v) is 13.0. The molecule has 5 heteroatoms. The number of pyridine rings is 1. The molecule has 0 saturated carbocycles. The van der Waals surface area contributed by atoms with Crippen molar-refractivity contribution in [2.75, 3.05) is 0 Å². The Balaban J connectivity index is 1.96. The second-order valence-electron chi connectivity index (χ2n) is 6.08. The SMILES string of the molecule is O=C1c2ccc(O)cc2C(c2cc(F)cc(F)c2)C1c1cccnc1. The molecule has 4 rings (SSSR count). The number of carbonyl (C=O) groups is 1. The van der Waals surface area contributed by atoms with Gasteiger partial charge < -0.3 is 5.11 Å². The van der Waals surface area contributed by atoms with Crippen LogP contribution in [0.4, 0.5) is 8.78 Å². The molecule has 1 aromatic heterocycles. The van der Waals surface area contributed by atoms with Gasteiger partial charge in [-0.1, -0.05) is 6.07 Å². The first kappa shape index (κ1) is 15.4. The van der Waals surface area contributed by atoms with Gasteiger partial charge in [0.2, 0.25) is 0 Å². The Hall–Kier alpha value is -3.08. The maximum atomic E-state index is 13.8. The van der Waals surface area contributed by atoms with Gasteiger partial charge >= 0.3 is 0 Å². The lowest BCUT2D eigenvalue weighted by molar-refractivity contribution is 0.0968. The molecule has 0 spiro atoms. The van der Waals surface area contributed by atoms with E-state index >= 15 is 0 Å². The number of aromatic nitrogens is 1. The minimum absolute atomic E-state index is 0.000242. The minimum atomic E-state index is -0.707. The average Bonchev–Trinajstić information content (AvgIpc) is 2.87. The maximum Gasteiger partial charge on any atom is 0.171 e. The molecule has 2 unspecified atom stereocenters. The van der Waals surface area contributed by atoms with Crippen LogP contribution in [0, 0.1) is 11.6 Å². The molecule has 1 aliphatic carbocycles. The van der Waals surface area contributed by atoms with Gasteiger partial charge in [-0.15, -0.1) is 0 Å². The summed E-state index contributed by atoms with van der Waals surface area (Å²) in [6, 6.07) is 11.2. The predicted molar refractivity (Wildman–Crippen MR) is 87.6 cm³/mol. The van der Waals surface area contributed by atoms with Crippen LogP contribution in [0.15, 0.2) is 60.9 Å². The highest BCUT2D eigenvalue weighted by Crippen LogP contribution is 2.48. The number of Topliss-reactive ketones (excluding diaryl/α,β-unsaturated/α-hetero) is 1. The molecule has 0 fully saturated rings. The van der Waals surface area contributed by atoms with Crippen LogP contribution in [0.1, 0.15) is 38.9 Å². The van der Waals surface area contributed by atoms with Gasteiger partial charge in [-0.05, 0) is 53.1 Å². The number of phenols is 1. The molecule has 0 amide bonds. The lowest BCUT2D eigenvalue weighted by Gasteiger charge is -2.20. The van der Waals surface area contributed by atoms with Crippen molar-refractivity contribution in [3.8, 4) is 5.75 Å². The van der Waals surface area contributed by atoms with Crippen molar-refractivity contribution in [3.05, 3.63) is 94.8 Å². The first-order valence-corrected chi connectivity index (χ1v) is 7.77. The average molecular weight is 337 g/mol. The molecule has 25 heavy (non-hydrogen) atoms. The third-order valence-electron chi connectivity index (χ3n) is 4.54. The Morgan fingerprint density at radius 1 is 0.920 bits per heavy atom. The molecule has 2 atom stereocenters. The Morgan fingerprint density at radius 3 is 2.36 bits per heavy atom. The van der Waals surface area contributed by atoms with Gasteiger partial charge in [-0.2, -0.15) is 0 Å². The van der Waals surface area contributed by atoms with Gasteiger partial charge in [0, 0.05) is 29.9 Å². The van der Waals surface area contributed by atoms with Crippen LogP contribution in [-0.4, -0.2) is 15.9 Å². The quantitative estimate of drug-likeness (QED) is 0.763. The molecular weight excluding hydrogens is 324 g/mol. The second-order valence-corrected chi connectivity index (χ2v) is 6.08. The Morgan fingerprint density at radius 2 is 1.68 bits per heavy atom. The summed E-state index contributed by atoms with van der Waals surface area (Å²) in [7, 11) is 0. The number of benzene rings is 2. The molecule has 1 N–H and O–H groups in total. The van der Waals surface area contributed by atoms with Gasteiger partial charge in [0.25, 0.3) is 0 Å². The van der Waals surface area contributed by atoms with E-state index in [-0.39, 0.29) is 11.5 Å². The van der Waals surface area contributed by atoms with Gasteiger partial charge in [-0.25, -0.2) is 8.78 Å². The highest BCUT2D eigenvalue weighted by Gasteiger charge is 2.42. The van der Waals surface area contributed by atoms with Crippen molar-refractivity contribution in [2.45, 2.75) is 11.8 Å². The van der Waals surface area contributed by atoms with Crippen molar-refractivity contribution in [1.29, 1.82) is 0 Å². The molecule has 124 valence electrons. The molecule has 0 bridgehead atoms. The summed E-state index contributed by atoms with van der Waals surface area (Å²) in [6.45, 7) is 0. The monoisotopic (exact) mass is 337 g/mol. The van der Waals surface area contributed by atoms with Crippen LogP contribution in [0.3, 0.4) is 0 Å². The van der Waals surface area contributed by atoms with E-state index in [0.717, 1.165) is 6.07 Å². The zero-order chi connectivity index (χ0) is 17.6. The molecule has 3 aromatic rings. The van der Waals surface area contributed by atoms with Crippen LogP contribution in [-0.2, 0) is 0 Å². The first-order valence-electron chi connectivity index (χ1n) is 7.77. The van der Waals surface area contributed by atoms with Gasteiger partial charge in [0.05, 0.1) is 5.92 Å². The number of ketones is 1. The molecule has 0 radical (unpaired) electrons. The summed E-state index contributed by atoms with van der Waals surface area (Å²) in [5.41, 5.74) is 2.02. The van der Waals surface area contributed by atoms with Gasteiger partial charge in [0.15, 0.2) is 5.78 Å². The molecule has 0 saturated heterocycles. The minimum Gasteiger partial charge on any atom is -0.508 e. The molecule has 1 aliphatic rings. The van der Waals surface area contributed by atoms with Crippen LogP contribution in [0.2, 0.25) is 0 Å². The number of phenolic OH excluding ortho intramolecular Hbond substituents is 1. The van der Waals surface area contributed by atoms with E-state index in [2.05, 4.69) is 4.98 Å². The normalized spacial score (nSPS) is 19.0. The smallest absolute Gasteiger partial charge is 0.171 e. The van der Waals surface area contributed by atoms with E-state index in [1.54, 1.807) is 30.6 Å². The molecule has 1 heterocycles. The van der Waals surface area contributed by atoms with Crippen LogP contribution in [0.25, 0.3) is 0 Å². The van der Waals surface area contributed by atoms with E-state index in [1.165, 1.54) is 24.3 Å². The van der Waals surface area contributed by atoms with E-state index in [9.17, 15) is 18.7 Å². The number of carbonyl (C=O) groups excluding carboxylic acids is 1. The zero-order valence-electron chi connectivity index (χ0n) is 13.0. The van der Waals surface area contributed by atoms with Crippen molar-refractivity contribution >= 4 is 5.78 Å². The largest absolute Gasteiger partial charge is 0.508 e. The fraction of sp³-hybridized carbons (Fsp3) is 0.100. The highest BCUT2D eigenvalue weighted by molar-refractivity contribution is 6.07. The van der Waals surface area contributed by atoms with E-state index in [0.29, 0.717) is 22.3 Å². The molecule has 3 nitrogen and oxygen atoms in total. The Labute approximate surface area is 142 Å². The highest BCUT2D eigenvalue weighted by atomic mass is 19.1. The summed E-state index contributed by atoms with van der Waals surface area (Å²) >= 11 is 0. The van der Waals surface area contributed by atoms with E-state index in [1.807, 2.05) is 0 Å². The number of fused-ring (bicyclic) bond motifs is 1. The van der Waals surface area contributed by atoms with Crippen LogP contribution >= 0.6 is 0 Å². The van der Waals surface area contributed by atoms with Crippen molar-refractivity contribution in [3.63, 3.8) is 0 Å². The number of aromatic hydroxyl groups is 1. The third kappa shape index (κ3) is 2.58. The number of rotatable bonds is 2. The van der Waals surface area contributed by atoms with Crippen molar-refractivity contribution in [1.82, 2.24) is 4.98 Å². The fourth-order valence-electron chi connectivity index (χ4n) is 3.56.